The van der Waals surface area contributed by atoms with Crippen LogP contribution in [0.2, 0.25) is 0 Å². The third kappa shape index (κ3) is 3.91. The largest absolute Gasteiger partial charge is 0.454 e. The van der Waals surface area contributed by atoms with Crippen molar-refractivity contribution >= 4 is 11.8 Å². The average Bonchev–Trinajstić information content (AvgIpc) is 3.33. The summed E-state index contributed by atoms with van der Waals surface area (Å²) < 4.78 is 11.1. The summed E-state index contributed by atoms with van der Waals surface area (Å²) in [5.74, 6) is 0.505. The topological polar surface area (TPSA) is 80.8 Å². The molecule has 0 radical (unpaired) electrons. The first-order chi connectivity index (χ1) is 16.2. The first-order valence-electron chi connectivity index (χ1n) is 11.1. The molecule has 0 saturated heterocycles. The molecule has 0 aliphatic carbocycles. The van der Waals surface area contributed by atoms with Gasteiger partial charge < -0.3 is 19.7 Å². The van der Waals surface area contributed by atoms with Crippen LogP contribution in [0.3, 0.4) is 0 Å². The van der Waals surface area contributed by atoms with Crippen LogP contribution in [0, 0.1) is 0 Å². The number of aromatic nitrogens is 1. The van der Waals surface area contributed by atoms with Gasteiger partial charge in [-0.25, -0.2) is 0 Å². The van der Waals surface area contributed by atoms with Gasteiger partial charge in [0.1, 0.15) is 0 Å². The van der Waals surface area contributed by atoms with E-state index in [1.807, 2.05) is 66.4 Å². The second-order valence-electron chi connectivity index (χ2n) is 8.16. The lowest BCUT2D eigenvalue weighted by Crippen LogP contribution is -2.47. The van der Waals surface area contributed by atoms with Crippen molar-refractivity contribution in [1.29, 1.82) is 0 Å². The molecular formula is C26H25N3O4. The predicted octanol–water partition coefficient (Wildman–Crippen LogP) is 3.82. The second-order valence-corrected chi connectivity index (χ2v) is 8.16. The van der Waals surface area contributed by atoms with E-state index >= 15 is 0 Å². The average molecular weight is 444 g/mol. The van der Waals surface area contributed by atoms with Crippen LogP contribution in [0.15, 0.2) is 66.9 Å². The molecule has 0 bridgehead atoms. The van der Waals surface area contributed by atoms with Crippen LogP contribution in [0.25, 0.3) is 0 Å². The van der Waals surface area contributed by atoms with E-state index in [1.54, 1.807) is 12.3 Å². The van der Waals surface area contributed by atoms with E-state index in [0.717, 1.165) is 23.2 Å². The highest BCUT2D eigenvalue weighted by Gasteiger charge is 2.44. The van der Waals surface area contributed by atoms with Crippen molar-refractivity contribution < 1.29 is 19.1 Å². The third-order valence-electron chi connectivity index (χ3n) is 6.09. The molecule has 1 N–H and O–H groups in total. The molecule has 3 heterocycles. The first-order valence-corrected chi connectivity index (χ1v) is 11.1. The Morgan fingerprint density at radius 3 is 2.73 bits per heavy atom. The fourth-order valence-electron chi connectivity index (χ4n) is 4.62. The molecule has 3 aromatic rings. The van der Waals surface area contributed by atoms with Gasteiger partial charge in [-0.2, -0.15) is 0 Å². The molecule has 0 unspecified atom stereocenters. The van der Waals surface area contributed by atoms with Gasteiger partial charge in [-0.05, 0) is 47.9 Å². The van der Waals surface area contributed by atoms with Gasteiger partial charge in [0.25, 0.3) is 5.91 Å². The zero-order valence-corrected chi connectivity index (χ0v) is 18.4. The Balaban J connectivity index is 1.57. The Kier molecular flexibility index (Phi) is 5.69. The number of fused-ring (bicyclic) bond motifs is 2. The van der Waals surface area contributed by atoms with Crippen LogP contribution in [-0.2, 0) is 11.3 Å². The van der Waals surface area contributed by atoms with Gasteiger partial charge in [-0.15, -0.1) is 0 Å². The fraction of sp³-hybridized carbons (Fsp3) is 0.269. The molecule has 2 aliphatic heterocycles. The molecule has 7 heteroatoms. The number of hydrogen-bond acceptors (Lipinski definition) is 5. The standard InChI is InChI=1S/C26H25N3O4/c1-2-13-29-24(17-10-11-21-22(14-17)33-16-32-21)23(19-8-3-4-9-20(19)26(29)31)25(30)28-15-18-7-5-6-12-27-18/h3-12,14,23-24H,2,13,15-16H2,1H3,(H,28,30)/t23-,24+/m0/s1. The number of carbonyl (C=O) groups is 2. The first kappa shape index (κ1) is 21.0. The van der Waals surface area contributed by atoms with Crippen LogP contribution in [0.5, 0.6) is 11.5 Å². The fourth-order valence-corrected chi connectivity index (χ4v) is 4.62. The molecule has 2 aromatic carbocycles. The van der Waals surface area contributed by atoms with Crippen molar-refractivity contribution in [3.63, 3.8) is 0 Å². The minimum Gasteiger partial charge on any atom is -0.454 e. The zero-order valence-electron chi connectivity index (χ0n) is 18.4. The summed E-state index contributed by atoms with van der Waals surface area (Å²) >= 11 is 0. The quantitative estimate of drug-likeness (QED) is 0.627. The van der Waals surface area contributed by atoms with Crippen molar-refractivity contribution in [2.45, 2.75) is 31.8 Å². The molecular weight excluding hydrogens is 418 g/mol. The minimum absolute atomic E-state index is 0.0658. The van der Waals surface area contributed by atoms with Crippen LogP contribution < -0.4 is 14.8 Å². The highest BCUT2D eigenvalue weighted by Crippen LogP contribution is 2.45. The molecule has 0 saturated carbocycles. The zero-order chi connectivity index (χ0) is 22.8. The number of benzene rings is 2. The SMILES string of the molecule is CCCN1C(=O)c2ccccc2[C@H](C(=O)NCc2ccccn2)[C@H]1c1ccc2c(c1)OCO2. The van der Waals surface area contributed by atoms with Crippen molar-refractivity contribution in [2.75, 3.05) is 13.3 Å². The van der Waals surface area contributed by atoms with E-state index in [0.29, 0.717) is 30.2 Å². The van der Waals surface area contributed by atoms with Gasteiger partial charge in [0.05, 0.1) is 24.2 Å². The van der Waals surface area contributed by atoms with Gasteiger partial charge >= 0.3 is 0 Å². The van der Waals surface area contributed by atoms with E-state index < -0.39 is 12.0 Å². The molecule has 168 valence electrons. The van der Waals surface area contributed by atoms with E-state index in [4.69, 9.17) is 9.47 Å². The van der Waals surface area contributed by atoms with Crippen molar-refractivity contribution in [2.24, 2.45) is 0 Å². The molecule has 0 spiro atoms. The minimum atomic E-state index is -0.575. The summed E-state index contributed by atoms with van der Waals surface area (Å²) in [6, 6.07) is 18.2. The number of nitrogens with zero attached hydrogens (tertiary/aromatic N) is 2. The molecule has 33 heavy (non-hydrogen) atoms. The molecule has 7 nitrogen and oxygen atoms in total. The number of pyridine rings is 1. The highest BCUT2D eigenvalue weighted by molar-refractivity contribution is 6.01. The Labute approximate surface area is 192 Å². The summed E-state index contributed by atoms with van der Waals surface area (Å²) in [5.41, 5.74) is 2.92. The van der Waals surface area contributed by atoms with Crippen molar-refractivity contribution in [1.82, 2.24) is 15.2 Å². The number of amides is 2. The van der Waals surface area contributed by atoms with E-state index in [1.165, 1.54) is 0 Å². The molecule has 2 aliphatic rings. The number of nitrogens with one attached hydrogen (secondary N) is 1. The predicted molar refractivity (Wildman–Crippen MR) is 122 cm³/mol. The summed E-state index contributed by atoms with van der Waals surface area (Å²) in [6.07, 6.45) is 2.48. The Hall–Kier alpha value is -3.87. The summed E-state index contributed by atoms with van der Waals surface area (Å²) in [6.45, 7) is 3.04. The molecule has 0 fully saturated rings. The van der Waals surface area contributed by atoms with Gasteiger partial charge in [-0.1, -0.05) is 37.3 Å². The van der Waals surface area contributed by atoms with E-state index in [9.17, 15) is 9.59 Å². The normalized spacial score (nSPS) is 18.7. The second kappa shape index (κ2) is 8.94. The van der Waals surface area contributed by atoms with Gasteiger partial charge in [0.15, 0.2) is 11.5 Å². The summed E-state index contributed by atoms with van der Waals surface area (Å²) in [4.78, 5) is 33.3. The van der Waals surface area contributed by atoms with Crippen LogP contribution in [-0.4, -0.2) is 35.0 Å². The number of hydrogen-bond donors (Lipinski definition) is 1. The Morgan fingerprint density at radius 2 is 1.91 bits per heavy atom. The maximum Gasteiger partial charge on any atom is 0.254 e. The lowest BCUT2D eigenvalue weighted by atomic mass is 9.79. The van der Waals surface area contributed by atoms with Crippen molar-refractivity contribution in [3.05, 3.63) is 89.2 Å². The maximum atomic E-state index is 13.7. The van der Waals surface area contributed by atoms with Crippen LogP contribution >= 0.6 is 0 Å². The molecule has 2 amide bonds. The molecule has 5 rings (SSSR count). The van der Waals surface area contributed by atoms with Gasteiger partial charge in [0, 0.05) is 18.3 Å². The Bertz CT molecular complexity index is 1180. The number of ether oxygens (including phenoxy) is 2. The Morgan fingerprint density at radius 1 is 1.09 bits per heavy atom. The molecule has 2 atom stereocenters. The van der Waals surface area contributed by atoms with E-state index in [2.05, 4.69) is 10.3 Å². The smallest absolute Gasteiger partial charge is 0.254 e. The lowest BCUT2D eigenvalue weighted by Gasteiger charge is -2.41. The monoisotopic (exact) mass is 443 g/mol. The summed E-state index contributed by atoms with van der Waals surface area (Å²) in [5, 5.41) is 3.04. The third-order valence-corrected chi connectivity index (χ3v) is 6.09. The maximum absolute atomic E-state index is 13.7. The van der Waals surface area contributed by atoms with E-state index in [-0.39, 0.29) is 18.6 Å². The van der Waals surface area contributed by atoms with Crippen molar-refractivity contribution in [3.8, 4) is 11.5 Å². The van der Waals surface area contributed by atoms with Crippen LogP contribution in [0.1, 0.15) is 52.5 Å². The number of rotatable bonds is 6. The highest BCUT2D eigenvalue weighted by atomic mass is 16.7. The molecule has 1 aromatic heterocycles. The van der Waals surface area contributed by atoms with Gasteiger partial charge in [0.2, 0.25) is 12.7 Å². The van der Waals surface area contributed by atoms with Gasteiger partial charge in [-0.3, -0.25) is 14.6 Å². The van der Waals surface area contributed by atoms with Crippen LogP contribution in [0.4, 0.5) is 0 Å². The lowest BCUT2D eigenvalue weighted by molar-refractivity contribution is -0.124. The number of carbonyl (C=O) groups excluding carboxylic acids is 2. The summed E-state index contributed by atoms with van der Waals surface area (Å²) in [7, 11) is 0.